The third kappa shape index (κ3) is 8.94. The molecule has 0 aliphatic rings. The summed E-state index contributed by atoms with van der Waals surface area (Å²) < 4.78 is 40.5. The summed E-state index contributed by atoms with van der Waals surface area (Å²) in [6.45, 7) is 3.42. The Bertz CT molecular complexity index is 195. The first-order chi connectivity index (χ1) is 7.16. The molecule has 16 heavy (non-hydrogen) atoms. The molecule has 6 heteroatoms. The smallest absolute Gasteiger partial charge is 0.389 e. The van der Waals surface area contributed by atoms with Gasteiger partial charge in [-0.1, -0.05) is 0 Å². The lowest BCUT2D eigenvalue weighted by Gasteiger charge is -2.25. The summed E-state index contributed by atoms with van der Waals surface area (Å²) in [5.74, 6) is 0. The van der Waals surface area contributed by atoms with E-state index in [-0.39, 0.29) is 25.7 Å². The number of hydrogen-bond donors (Lipinski definition) is 2. The van der Waals surface area contributed by atoms with Crippen LogP contribution >= 0.6 is 0 Å². The maximum Gasteiger partial charge on any atom is 0.389 e. The maximum atomic E-state index is 11.8. The molecule has 0 amide bonds. The van der Waals surface area contributed by atoms with Gasteiger partial charge in [-0.15, -0.1) is 0 Å². The second-order valence-electron chi connectivity index (χ2n) is 4.31. The first-order valence-corrected chi connectivity index (χ1v) is 5.27. The second kappa shape index (κ2) is 6.42. The summed E-state index contributed by atoms with van der Waals surface area (Å²) in [6, 6.07) is 0. The first kappa shape index (κ1) is 15.7. The zero-order valence-corrected chi connectivity index (χ0v) is 9.68. The van der Waals surface area contributed by atoms with E-state index in [1.54, 1.807) is 13.8 Å². The van der Waals surface area contributed by atoms with Crippen LogP contribution in [0.2, 0.25) is 0 Å². The van der Waals surface area contributed by atoms with Crippen molar-refractivity contribution in [3.8, 4) is 0 Å². The lowest BCUT2D eigenvalue weighted by Crippen LogP contribution is -2.37. The van der Waals surface area contributed by atoms with Crippen molar-refractivity contribution < 1.29 is 23.0 Å². The van der Waals surface area contributed by atoms with Gasteiger partial charge >= 0.3 is 6.18 Å². The van der Waals surface area contributed by atoms with E-state index >= 15 is 0 Å². The highest BCUT2D eigenvalue weighted by Crippen LogP contribution is 2.21. The molecule has 0 aliphatic heterocycles. The van der Waals surface area contributed by atoms with Gasteiger partial charge in [0.1, 0.15) is 0 Å². The van der Waals surface area contributed by atoms with Crippen molar-refractivity contribution in [1.29, 1.82) is 0 Å². The Morgan fingerprint density at radius 2 is 1.94 bits per heavy atom. The summed E-state index contributed by atoms with van der Waals surface area (Å²) in [5, 5.41) is 9.59. The Hall–Kier alpha value is -0.330. The van der Waals surface area contributed by atoms with Gasteiger partial charge < -0.3 is 15.6 Å². The molecule has 0 aromatic carbocycles. The van der Waals surface area contributed by atoms with E-state index in [1.807, 2.05) is 0 Å². The molecular formula is C10H20F3NO2. The number of rotatable bonds is 7. The van der Waals surface area contributed by atoms with Gasteiger partial charge in [-0.05, 0) is 20.3 Å². The molecule has 0 rings (SSSR count). The molecule has 0 aromatic heterocycles. The summed E-state index contributed by atoms with van der Waals surface area (Å²) in [6.07, 6.45) is -5.01. The minimum atomic E-state index is -4.13. The van der Waals surface area contributed by atoms with E-state index in [0.29, 0.717) is 6.42 Å². The van der Waals surface area contributed by atoms with Crippen molar-refractivity contribution >= 4 is 0 Å². The molecule has 0 radical (unpaired) electrons. The minimum absolute atomic E-state index is 0.0430. The third-order valence-electron chi connectivity index (χ3n) is 2.17. The van der Waals surface area contributed by atoms with Crippen LogP contribution in [0.15, 0.2) is 0 Å². The maximum absolute atomic E-state index is 11.8. The van der Waals surface area contributed by atoms with Crippen molar-refractivity contribution in [3.63, 3.8) is 0 Å². The molecule has 3 N–H and O–H groups in total. The quantitative estimate of drug-likeness (QED) is 0.671. The summed E-state index contributed by atoms with van der Waals surface area (Å²) in [7, 11) is 0. The van der Waals surface area contributed by atoms with E-state index in [1.165, 1.54) is 0 Å². The molecule has 0 heterocycles. The standard InChI is InChI=1S/C10H20F3NO2/c1-8(6-9(2,15)7-14)16-5-3-4-10(11,12)13/h8,15H,3-7,14H2,1-2H3. The number of aliphatic hydroxyl groups is 1. The zero-order valence-electron chi connectivity index (χ0n) is 9.68. The predicted octanol–water partition coefficient (Wildman–Crippen LogP) is 1.83. The fourth-order valence-corrected chi connectivity index (χ4v) is 1.32. The van der Waals surface area contributed by atoms with Crippen LogP contribution in [0, 0.1) is 0 Å². The van der Waals surface area contributed by atoms with Crippen molar-refractivity contribution in [2.45, 2.75) is 51.0 Å². The molecule has 98 valence electrons. The SMILES string of the molecule is CC(CC(C)(O)CN)OCCCC(F)(F)F. The Kier molecular flexibility index (Phi) is 6.28. The average Bonchev–Trinajstić information content (AvgIpc) is 2.10. The molecule has 3 nitrogen and oxygen atoms in total. The van der Waals surface area contributed by atoms with Crippen LogP contribution in [0.25, 0.3) is 0 Å². The Balaban J connectivity index is 3.63. The average molecular weight is 243 g/mol. The normalized spacial score (nSPS) is 18.2. The van der Waals surface area contributed by atoms with Gasteiger partial charge in [-0.2, -0.15) is 13.2 Å². The van der Waals surface area contributed by atoms with E-state index in [9.17, 15) is 18.3 Å². The molecule has 0 aromatic rings. The monoisotopic (exact) mass is 243 g/mol. The Morgan fingerprint density at radius 1 is 1.38 bits per heavy atom. The van der Waals surface area contributed by atoms with Crippen molar-refractivity contribution in [3.05, 3.63) is 0 Å². The molecular weight excluding hydrogens is 223 g/mol. The molecule has 2 atom stereocenters. The number of hydrogen-bond acceptors (Lipinski definition) is 3. The summed E-state index contributed by atoms with van der Waals surface area (Å²) >= 11 is 0. The lowest BCUT2D eigenvalue weighted by molar-refractivity contribution is -0.139. The molecule has 0 saturated heterocycles. The molecule has 0 spiro atoms. The van der Waals surface area contributed by atoms with E-state index in [0.717, 1.165) is 0 Å². The second-order valence-corrected chi connectivity index (χ2v) is 4.31. The van der Waals surface area contributed by atoms with Crippen LogP contribution in [0.5, 0.6) is 0 Å². The summed E-state index contributed by atoms with van der Waals surface area (Å²) in [4.78, 5) is 0. The number of nitrogens with two attached hydrogens (primary N) is 1. The van der Waals surface area contributed by atoms with Gasteiger partial charge in [0, 0.05) is 26.0 Å². The number of halogens is 3. The third-order valence-corrected chi connectivity index (χ3v) is 2.17. The first-order valence-electron chi connectivity index (χ1n) is 5.27. The highest BCUT2D eigenvalue weighted by molar-refractivity contribution is 4.76. The van der Waals surface area contributed by atoms with Gasteiger partial charge in [-0.3, -0.25) is 0 Å². The van der Waals surface area contributed by atoms with E-state index in [2.05, 4.69) is 0 Å². The van der Waals surface area contributed by atoms with Crippen LogP contribution in [0.4, 0.5) is 13.2 Å². The topological polar surface area (TPSA) is 55.5 Å². The molecule has 0 saturated carbocycles. The van der Waals surface area contributed by atoms with Gasteiger partial charge in [0.2, 0.25) is 0 Å². The van der Waals surface area contributed by atoms with Gasteiger partial charge in [-0.25, -0.2) is 0 Å². The number of alkyl halides is 3. The van der Waals surface area contributed by atoms with Crippen LogP contribution in [0.3, 0.4) is 0 Å². The van der Waals surface area contributed by atoms with Crippen LogP contribution < -0.4 is 5.73 Å². The zero-order chi connectivity index (χ0) is 12.8. The van der Waals surface area contributed by atoms with Gasteiger partial charge in [0.05, 0.1) is 11.7 Å². The van der Waals surface area contributed by atoms with E-state index < -0.39 is 18.2 Å². The molecule has 0 bridgehead atoms. The lowest BCUT2D eigenvalue weighted by atomic mass is 9.99. The Labute approximate surface area is 93.8 Å². The molecule has 2 unspecified atom stereocenters. The predicted molar refractivity (Wildman–Crippen MR) is 55.0 cm³/mol. The van der Waals surface area contributed by atoms with Crippen LogP contribution in [-0.4, -0.2) is 36.1 Å². The van der Waals surface area contributed by atoms with Crippen LogP contribution in [-0.2, 0) is 4.74 Å². The van der Waals surface area contributed by atoms with E-state index in [4.69, 9.17) is 10.5 Å². The minimum Gasteiger partial charge on any atom is -0.389 e. The van der Waals surface area contributed by atoms with Crippen molar-refractivity contribution in [2.75, 3.05) is 13.2 Å². The van der Waals surface area contributed by atoms with Crippen LogP contribution in [0.1, 0.15) is 33.1 Å². The largest absolute Gasteiger partial charge is 0.389 e. The van der Waals surface area contributed by atoms with Gasteiger partial charge in [0.25, 0.3) is 0 Å². The summed E-state index contributed by atoms with van der Waals surface area (Å²) in [5.41, 5.74) is 4.29. The number of ether oxygens (including phenoxy) is 1. The Morgan fingerprint density at radius 3 is 2.38 bits per heavy atom. The van der Waals surface area contributed by atoms with Crippen molar-refractivity contribution in [1.82, 2.24) is 0 Å². The molecule has 0 fully saturated rings. The fourth-order valence-electron chi connectivity index (χ4n) is 1.32. The highest BCUT2D eigenvalue weighted by atomic mass is 19.4. The highest BCUT2D eigenvalue weighted by Gasteiger charge is 2.26. The fraction of sp³-hybridized carbons (Fsp3) is 1.00. The van der Waals surface area contributed by atoms with Crippen molar-refractivity contribution in [2.24, 2.45) is 5.73 Å². The van der Waals surface area contributed by atoms with Gasteiger partial charge in [0.15, 0.2) is 0 Å². The molecule has 0 aliphatic carbocycles.